The van der Waals surface area contributed by atoms with Crippen molar-refractivity contribution >= 4 is 22.1 Å². The highest BCUT2D eigenvalue weighted by molar-refractivity contribution is 6.23. The lowest BCUT2D eigenvalue weighted by Gasteiger charge is -1.94. The molecule has 3 heteroatoms. The molecule has 1 aliphatic rings. The van der Waals surface area contributed by atoms with Gasteiger partial charge < -0.3 is 4.74 Å². The average molecular weight is 172 g/mol. The zero-order valence-corrected chi connectivity index (χ0v) is 7.44. The third-order valence-corrected chi connectivity index (χ3v) is 2.03. The number of rotatable bonds is 0. The lowest BCUT2D eigenvalue weighted by atomic mass is 10.1. The summed E-state index contributed by atoms with van der Waals surface area (Å²) in [5.74, 6) is 0.998. The SMILES string of the molecule is O=C1/C(=[CH]/[Al])Oc2ccccc21. The molecule has 0 bridgehead atoms. The molecule has 1 aliphatic heterocycles. The lowest BCUT2D eigenvalue weighted by Crippen LogP contribution is -1.97. The fraction of sp³-hybridized carbons (Fsp3) is 0. The van der Waals surface area contributed by atoms with Crippen LogP contribution in [0.15, 0.2) is 35.0 Å². The Kier molecular flexibility index (Phi) is 1.76. The Morgan fingerprint density at radius 2 is 2.08 bits per heavy atom. The molecule has 0 unspecified atom stereocenters. The fourth-order valence-electron chi connectivity index (χ4n) is 1.15. The van der Waals surface area contributed by atoms with Crippen molar-refractivity contribution in [2.75, 3.05) is 0 Å². The van der Waals surface area contributed by atoms with Gasteiger partial charge in [0.1, 0.15) is 5.75 Å². The molecule has 0 N–H and O–H groups in total. The standard InChI is InChI=1S/C9H5O2.Al/c1-6-9(10)7-4-2-3-5-8(7)11-6;/h1-5H;. The van der Waals surface area contributed by atoms with E-state index >= 15 is 0 Å². The highest BCUT2D eigenvalue weighted by Gasteiger charge is 2.24. The molecule has 2 nitrogen and oxygen atoms in total. The summed E-state index contributed by atoms with van der Waals surface area (Å²) in [7, 11) is 0. The number of carbonyl (C=O) groups is 1. The van der Waals surface area contributed by atoms with Crippen LogP contribution in [0, 0.1) is 0 Å². The number of hydrogen-bond donors (Lipinski definition) is 0. The van der Waals surface area contributed by atoms with Crippen molar-refractivity contribution in [3.05, 3.63) is 40.5 Å². The van der Waals surface area contributed by atoms with Gasteiger partial charge in [-0.15, -0.1) is 4.94 Å². The topological polar surface area (TPSA) is 26.3 Å². The molecule has 0 saturated heterocycles. The number of carbonyl (C=O) groups excluding carboxylic acids is 1. The van der Waals surface area contributed by atoms with Gasteiger partial charge in [-0.3, -0.25) is 4.79 Å². The van der Waals surface area contributed by atoms with E-state index in [1.165, 1.54) is 0 Å². The van der Waals surface area contributed by atoms with E-state index in [1.54, 1.807) is 17.1 Å². The van der Waals surface area contributed by atoms with Gasteiger partial charge >= 0.3 is 0 Å². The Labute approximate surface area is 78.3 Å². The van der Waals surface area contributed by atoms with Gasteiger partial charge in [0.25, 0.3) is 0 Å². The van der Waals surface area contributed by atoms with E-state index < -0.39 is 0 Å². The Balaban J connectivity index is 2.56. The van der Waals surface area contributed by atoms with Gasteiger partial charge in [0.15, 0.2) is 22.0 Å². The Morgan fingerprint density at radius 1 is 1.33 bits per heavy atom. The highest BCUT2D eigenvalue weighted by atomic mass is 27.0. The summed E-state index contributed by atoms with van der Waals surface area (Å²) >= 11 is 2.36. The lowest BCUT2D eigenvalue weighted by molar-refractivity contribution is 0.101. The monoisotopic (exact) mass is 172 g/mol. The van der Waals surface area contributed by atoms with Crippen LogP contribution in [0.3, 0.4) is 0 Å². The molecule has 1 heterocycles. The summed E-state index contributed by atoms with van der Waals surface area (Å²) < 4.78 is 5.26. The first-order chi connectivity index (χ1) is 5.83. The molecule has 0 amide bonds. The number of allylic oxidation sites excluding steroid dienone is 1. The Hall–Kier alpha value is -1.04. The van der Waals surface area contributed by atoms with Gasteiger partial charge in [-0.05, 0) is 12.1 Å². The molecule has 0 aromatic heterocycles. The first-order valence-corrected chi connectivity index (χ1v) is 4.23. The number of Topliss-reactive ketones (excluding diaryl/α,β-unsaturated/α-hetero) is 1. The summed E-state index contributed by atoms with van der Waals surface area (Å²) in [6, 6.07) is 7.22. The second kappa shape index (κ2) is 2.78. The van der Waals surface area contributed by atoms with Gasteiger partial charge in [-0.1, -0.05) is 12.1 Å². The number of ketones is 1. The van der Waals surface area contributed by atoms with E-state index in [0.29, 0.717) is 17.1 Å². The molecule has 1 aromatic carbocycles. The summed E-state index contributed by atoms with van der Waals surface area (Å²) in [6.07, 6.45) is 0. The van der Waals surface area contributed by atoms with Crippen LogP contribution >= 0.6 is 0 Å². The summed E-state index contributed by atoms with van der Waals surface area (Å²) in [5.41, 5.74) is 0.645. The van der Waals surface area contributed by atoms with E-state index in [9.17, 15) is 4.79 Å². The minimum Gasteiger partial charge on any atom is -0.454 e. The second-order valence-electron chi connectivity index (χ2n) is 2.46. The number of ether oxygens (including phenoxy) is 1. The van der Waals surface area contributed by atoms with Crippen LogP contribution in [-0.4, -0.2) is 22.1 Å². The third-order valence-electron chi connectivity index (χ3n) is 1.73. The number of benzene rings is 1. The molecule has 1 aromatic rings. The first-order valence-electron chi connectivity index (χ1n) is 3.56. The maximum absolute atomic E-state index is 11.4. The van der Waals surface area contributed by atoms with Gasteiger partial charge in [-0.2, -0.15) is 0 Å². The number of para-hydroxylation sites is 1. The maximum atomic E-state index is 11.4. The van der Waals surface area contributed by atoms with Crippen molar-refractivity contribution in [3.8, 4) is 5.75 Å². The molecule has 2 rings (SSSR count). The van der Waals surface area contributed by atoms with Crippen molar-refractivity contribution in [1.29, 1.82) is 0 Å². The molecule has 0 atom stereocenters. The van der Waals surface area contributed by atoms with Crippen molar-refractivity contribution in [3.63, 3.8) is 0 Å². The molecular formula is C9H5AlO2. The molecule has 12 heavy (non-hydrogen) atoms. The van der Waals surface area contributed by atoms with Gasteiger partial charge in [0, 0.05) is 0 Å². The minimum absolute atomic E-state index is 0.0411. The predicted molar refractivity (Wildman–Crippen MR) is 45.2 cm³/mol. The predicted octanol–water partition coefficient (Wildman–Crippen LogP) is 1.27. The normalized spacial score (nSPS) is 17.7. The zero-order chi connectivity index (χ0) is 8.55. The van der Waals surface area contributed by atoms with Crippen LogP contribution in [0.4, 0.5) is 0 Å². The van der Waals surface area contributed by atoms with Crippen LogP contribution in [-0.2, 0) is 0 Å². The molecule has 2 radical (unpaired) electrons. The van der Waals surface area contributed by atoms with Gasteiger partial charge in [-0.25, -0.2) is 0 Å². The summed E-state index contributed by atoms with van der Waals surface area (Å²) in [6.45, 7) is 0. The minimum atomic E-state index is -0.0411. The van der Waals surface area contributed by atoms with Crippen molar-refractivity contribution in [2.45, 2.75) is 0 Å². The first kappa shape index (κ1) is 7.60. The average Bonchev–Trinajstić information content (AvgIpc) is 2.44. The smallest absolute Gasteiger partial charge is 0.229 e. The fourth-order valence-corrected chi connectivity index (χ4v) is 1.37. The molecular weight excluding hydrogens is 167 g/mol. The van der Waals surface area contributed by atoms with Crippen molar-refractivity contribution < 1.29 is 9.53 Å². The summed E-state index contributed by atoms with van der Waals surface area (Å²) in [5, 5.41) is 0. The van der Waals surface area contributed by atoms with Gasteiger partial charge in [0.2, 0.25) is 5.78 Å². The van der Waals surface area contributed by atoms with Crippen LogP contribution in [0.25, 0.3) is 0 Å². The van der Waals surface area contributed by atoms with E-state index in [-0.39, 0.29) is 5.78 Å². The van der Waals surface area contributed by atoms with Crippen molar-refractivity contribution in [2.24, 2.45) is 0 Å². The molecule has 0 aliphatic carbocycles. The molecule has 0 fully saturated rings. The quantitative estimate of drug-likeness (QED) is 0.435. The van der Waals surface area contributed by atoms with Crippen LogP contribution in [0.2, 0.25) is 0 Å². The van der Waals surface area contributed by atoms with E-state index in [2.05, 4.69) is 16.3 Å². The van der Waals surface area contributed by atoms with E-state index in [4.69, 9.17) is 4.74 Å². The summed E-state index contributed by atoms with van der Waals surface area (Å²) in [4.78, 5) is 13.0. The largest absolute Gasteiger partial charge is 0.454 e. The van der Waals surface area contributed by atoms with Gasteiger partial charge in [0.05, 0.1) is 5.56 Å². The number of fused-ring (bicyclic) bond motifs is 1. The second-order valence-corrected chi connectivity index (χ2v) is 2.79. The zero-order valence-electron chi connectivity index (χ0n) is 6.28. The van der Waals surface area contributed by atoms with Crippen LogP contribution in [0.5, 0.6) is 5.75 Å². The Bertz CT molecular complexity index is 369. The number of hydrogen-bond acceptors (Lipinski definition) is 2. The maximum Gasteiger partial charge on any atom is 0.229 e. The van der Waals surface area contributed by atoms with E-state index in [1.807, 2.05) is 12.1 Å². The molecule has 56 valence electrons. The molecule has 0 spiro atoms. The molecule has 0 saturated carbocycles. The third kappa shape index (κ3) is 0.990. The van der Waals surface area contributed by atoms with Crippen LogP contribution in [0.1, 0.15) is 10.4 Å². The Morgan fingerprint density at radius 3 is 2.75 bits per heavy atom. The van der Waals surface area contributed by atoms with Crippen LogP contribution < -0.4 is 4.74 Å². The van der Waals surface area contributed by atoms with E-state index in [0.717, 1.165) is 0 Å². The van der Waals surface area contributed by atoms with Crippen molar-refractivity contribution in [1.82, 2.24) is 0 Å². The highest BCUT2D eigenvalue weighted by Crippen LogP contribution is 2.29.